The molecule has 2 rings (SSSR count). The van der Waals surface area contributed by atoms with Crippen LogP contribution >= 0.6 is 11.6 Å². The van der Waals surface area contributed by atoms with E-state index < -0.39 is 0 Å². The van der Waals surface area contributed by atoms with Crippen molar-refractivity contribution in [2.24, 2.45) is 0 Å². The van der Waals surface area contributed by atoms with Gasteiger partial charge in [-0.1, -0.05) is 39.3 Å². The summed E-state index contributed by atoms with van der Waals surface area (Å²) in [5.74, 6) is 0. The molecular formula is C23H37ClN4. The minimum atomic E-state index is 0.456. The lowest BCUT2D eigenvalue weighted by Gasteiger charge is -2.26. The molecule has 0 radical (unpaired) electrons. The summed E-state index contributed by atoms with van der Waals surface area (Å²) in [5.41, 5.74) is 2.11. The van der Waals surface area contributed by atoms with Gasteiger partial charge in [-0.2, -0.15) is 0 Å². The van der Waals surface area contributed by atoms with E-state index in [1.165, 1.54) is 19.4 Å². The molecule has 1 unspecified atom stereocenters. The fourth-order valence-corrected chi connectivity index (χ4v) is 3.90. The summed E-state index contributed by atoms with van der Waals surface area (Å²) in [6.07, 6.45) is 5.41. The van der Waals surface area contributed by atoms with Gasteiger partial charge in [0.25, 0.3) is 0 Å². The third-order valence-electron chi connectivity index (χ3n) is 5.67. The van der Waals surface area contributed by atoms with E-state index in [9.17, 15) is 0 Å². The Morgan fingerprint density at radius 1 is 0.929 bits per heavy atom. The van der Waals surface area contributed by atoms with Crippen molar-refractivity contribution in [1.29, 1.82) is 0 Å². The minimum absolute atomic E-state index is 0.456. The van der Waals surface area contributed by atoms with Gasteiger partial charge >= 0.3 is 0 Å². The van der Waals surface area contributed by atoms with E-state index in [1.54, 1.807) is 0 Å². The van der Waals surface area contributed by atoms with Crippen molar-refractivity contribution in [3.8, 4) is 0 Å². The van der Waals surface area contributed by atoms with Crippen molar-refractivity contribution < 1.29 is 0 Å². The quantitative estimate of drug-likeness (QED) is 0.476. The topological polar surface area (TPSA) is 31.4 Å². The van der Waals surface area contributed by atoms with Crippen LogP contribution in [0.3, 0.4) is 0 Å². The lowest BCUT2D eigenvalue weighted by atomic mass is 10.1. The molecule has 1 aromatic carbocycles. The van der Waals surface area contributed by atoms with Crippen molar-refractivity contribution in [1.82, 2.24) is 14.8 Å². The fraction of sp³-hybridized carbons (Fsp3) is 0.609. The summed E-state index contributed by atoms with van der Waals surface area (Å²) in [4.78, 5) is 9.49. The van der Waals surface area contributed by atoms with E-state index in [-0.39, 0.29) is 0 Å². The van der Waals surface area contributed by atoms with Gasteiger partial charge in [-0.3, -0.25) is 4.98 Å². The molecule has 0 amide bonds. The van der Waals surface area contributed by atoms with Gasteiger partial charge in [0.05, 0.1) is 5.52 Å². The molecule has 2 aromatic rings. The third kappa shape index (κ3) is 6.91. The van der Waals surface area contributed by atoms with Gasteiger partial charge in [-0.25, -0.2) is 0 Å². The number of halogens is 1. The highest BCUT2D eigenvalue weighted by Gasteiger charge is 2.13. The molecule has 0 aliphatic heterocycles. The highest BCUT2D eigenvalue weighted by molar-refractivity contribution is 6.31. The van der Waals surface area contributed by atoms with Crippen molar-refractivity contribution in [3.63, 3.8) is 0 Å². The summed E-state index contributed by atoms with van der Waals surface area (Å²) >= 11 is 6.15. The normalized spacial score (nSPS) is 12.8. The summed E-state index contributed by atoms with van der Waals surface area (Å²) in [6, 6.07) is 8.50. The Morgan fingerprint density at radius 3 is 2.29 bits per heavy atom. The molecule has 28 heavy (non-hydrogen) atoms. The molecule has 156 valence electrons. The smallest absolute Gasteiger partial charge is 0.0737 e. The summed E-state index contributed by atoms with van der Waals surface area (Å²) in [6.45, 7) is 15.8. The predicted molar refractivity (Wildman–Crippen MR) is 124 cm³/mol. The van der Waals surface area contributed by atoms with Crippen LogP contribution < -0.4 is 5.32 Å². The maximum Gasteiger partial charge on any atom is 0.0737 e. The van der Waals surface area contributed by atoms with Gasteiger partial charge in [0.1, 0.15) is 0 Å². The van der Waals surface area contributed by atoms with Crippen LogP contribution in [0, 0.1) is 0 Å². The largest absolute Gasteiger partial charge is 0.382 e. The lowest BCUT2D eigenvalue weighted by Crippen LogP contribution is -2.31. The molecule has 0 fully saturated rings. The van der Waals surface area contributed by atoms with Crippen LogP contribution in [0.25, 0.3) is 10.9 Å². The molecular weight excluding hydrogens is 368 g/mol. The second kappa shape index (κ2) is 12.3. The number of benzene rings is 1. The molecule has 4 nitrogen and oxygen atoms in total. The van der Waals surface area contributed by atoms with Crippen LogP contribution in [0.1, 0.15) is 47.0 Å². The van der Waals surface area contributed by atoms with Crippen molar-refractivity contribution >= 4 is 28.2 Å². The number of pyridine rings is 1. The zero-order valence-electron chi connectivity index (χ0n) is 18.0. The first-order valence-electron chi connectivity index (χ1n) is 10.9. The second-order valence-corrected chi connectivity index (χ2v) is 7.78. The van der Waals surface area contributed by atoms with Crippen LogP contribution in [0.15, 0.2) is 30.5 Å². The molecule has 1 aromatic heterocycles. The van der Waals surface area contributed by atoms with E-state index >= 15 is 0 Å². The highest BCUT2D eigenvalue weighted by atomic mass is 35.5. The van der Waals surface area contributed by atoms with Crippen molar-refractivity contribution in [3.05, 3.63) is 35.5 Å². The minimum Gasteiger partial charge on any atom is -0.382 e. The highest BCUT2D eigenvalue weighted by Crippen LogP contribution is 2.26. The van der Waals surface area contributed by atoms with E-state index in [1.807, 2.05) is 18.3 Å². The molecule has 0 spiro atoms. The van der Waals surface area contributed by atoms with Crippen molar-refractivity contribution in [2.75, 3.05) is 44.6 Å². The number of hydrogen-bond acceptors (Lipinski definition) is 4. The van der Waals surface area contributed by atoms with Crippen LogP contribution in [-0.4, -0.2) is 60.1 Å². The predicted octanol–water partition coefficient (Wildman–Crippen LogP) is 5.52. The Morgan fingerprint density at radius 2 is 1.61 bits per heavy atom. The Balaban J connectivity index is 2.09. The van der Waals surface area contributed by atoms with Crippen LogP contribution in [-0.2, 0) is 0 Å². The number of aromatic nitrogens is 1. The van der Waals surface area contributed by atoms with Gasteiger partial charge in [-0.15, -0.1) is 0 Å². The van der Waals surface area contributed by atoms with Gasteiger partial charge in [0.15, 0.2) is 0 Å². The van der Waals surface area contributed by atoms with Gasteiger partial charge < -0.3 is 15.1 Å². The second-order valence-electron chi connectivity index (χ2n) is 7.35. The molecule has 0 aliphatic carbocycles. The molecule has 5 heteroatoms. The SMILES string of the molecule is CCN(CC)CCCC(CCN(CC)CC)Nc1ccnc2cc(Cl)ccc12. The van der Waals surface area contributed by atoms with E-state index in [0.717, 1.165) is 60.8 Å². The van der Waals surface area contributed by atoms with Gasteiger partial charge in [0.2, 0.25) is 0 Å². The zero-order chi connectivity index (χ0) is 20.4. The molecule has 0 aliphatic rings. The number of nitrogens with zero attached hydrogens (tertiary/aromatic N) is 3. The Kier molecular flexibility index (Phi) is 10.0. The first-order valence-corrected chi connectivity index (χ1v) is 11.2. The Hall–Kier alpha value is -1.36. The number of fused-ring (bicyclic) bond motifs is 1. The van der Waals surface area contributed by atoms with Crippen molar-refractivity contribution in [2.45, 2.75) is 53.0 Å². The maximum atomic E-state index is 6.15. The fourth-order valence-electron chi connectivity index (χ4n) is 3.74. The molecule has 0 bridgehead atoms. The van der Waals surface area contributed by atoms with Gasteiger partial charge in [0, 0.05) is 34.9 Å². The average molecular weight is 405 g/mol. The molecule has 1 heterocycles. The van der Waals surface area contributed by atoms with E-state index in [4.69, 9.17) is 11.6 Å². The standard InChI is InChI=1S/C23H37ClN4/c1-5-27(6-2)16-9-10-20(14-17-28(7-3)8-4)26-22-13-15-25-23-18-19(24)11-12-21(22)23/h11-13,15,18,20H,5-10,14,16-17H2,1-4H3,(H,25,26). The molecule has 0 saturated carbocycles. The monoisotopic (exact) mass is 404 g/mol. The summed E-state index contributed by atoms with van der Waals surface area (Å²) in [7, 11) is 0. The van der Waals surface area contributed by atoms with Crippen LogP contribution in [0.5, 0.6) is 0 Å². The van der Waals surface area contributed by atoms with E-state index in [2.05, 4.69) is 59.9 Å². The Labute approximate surface area is 176 Å². The van der Waals surface area contributed by atoms with Gasteiger partial charge in [-0.05, 0) is 76.3 Å². The Bertz CT molecular complexity index is 698. The van der Waals surface area contributed by atoms with Crippen LogP contribution in [0.2, 0.25) is 5.02 Å². The average Bonchev–Trinajstić information content (AvgIpc) is 2.71. The number of rotatable bonds is 13. The number of hydrogen-bond donors (Lipinski definition) is 1. The molecule has 1 atom stereocenters. The third-order valence-corrected chi connectivity index (χ3v) is 5.91. The number of anilines is 1. The van der Waals surface area contributed by atoms with E-state index in [0.29, 0.717) is 6.04 Å². The molecule has 0 saturated heterocycles. The first kappa shape index (κ1) is 22.9. The lowest BCUT2D eigenvalue weighted by molar-refractivity contribution is 0.277. The zero-order valence-corrected chi connectivity index (χ0v) is 18.8. The maximum absolute atomic E-state index is 6.15. The first-order chi connectivity index (χ1) is 13.6. The summed E-state index contributed by atoms with van der Waals surface area (Å²) in [5, 5.41) is 5.70. The molecule has 1 N–H and O–H groups in total. The van der Waals surface area contributed by atoms with Crippen LogP contribution in [0.4, 0.5) is 5.69 Å². The number of nitrogens with one attached hydrogen (secondary N) is 1. The summed E-state index contributed by atoms with van der Waals surface area (Å²) < 4.78 is 0.